The first-order valence-corrected chi connectivity index (χ1v) is 6.88. The van der Waals surface area contributed by atoms with E-state index in [4.69, 9.17) is 9.47 Å². The number of rotatable bonds is 5. The third kappa shape index (κ3) is 5.03. The summed E-state index contributed by atoms with van der Waals surface area (Å²) in [5.74, 6) is -0.259. The zero-order valence-electron chi connectivity index (χ0n) is 11.9. The highest BCUT2D eigenvalue weighted by molar-refractivity contribution is 5.89. The molecule has 0 aromatic heterocycles. The molecule has 104 valence electrons. The molecule has 2 rings (SSSR count). The molecule has 1 fully saturated rings. The Kier molecular flexibility index (Phi) is 4.25. The third-order valence-electron chi connectivity index (χ3n) is 2.98. The van der Waals surface area contributed by atoms with Crippen LogP contribution in [0.5, 0.6) is 0 Å². The van der Waals surface area contributed by atoms with Gasteiger partial charge in [-0.3, -0.25) is 0 Å². The first-order chi connectivity index (χ1) is 8.94. The molecule has 3 nitrogen and oxygen atoms in total. The van der Waals surface area contributed by atoms with Crippen molar-refractivity contribution in [2.45, 2.75) is 51.7 Å². The lowest BCUT2D eigenvalue weighted by Crippen LogP contribution is -2.23. The lowest BCUT2D eigenvalue weighted by atomic mass is 10.1. The van der Waals surface area contributed by atoms with Gasteiger partial charge in [0.1, 0.15) is 5.60 Å². The zero-order chi connectivity index (χ0) is 13.9. The van der Waals surface area contributed by atoms with Crippen molar-refractivity contribution in [2.75, 3.05) is 6.61 Å². The number of esters is 1. The summed E-state index contributed by atoms with van der Waals surface area (Å²) in [5.41, 5.74) is 1.43. The van der Waals surface area contributed by atoms with Gasteiger partial charge in [-0.1, -0.05) is 12.1 Å². The topological polar surface area (TPSA) is 38.8 Å². The van der Waals surface area contributed by atoms with Gasteiger partial charge in [0.05, 0.1) is 18.3 Å². The van der Waals surface area contributed by atoms with E-state index in [0.29, 0.717) is 11.7 Å². The van der Waals surface area contributed by atoms with Crippen LogP contribution in [0.25, 0.3) is 0 Å². The molecule has 1 aliphatic rings. The molecular formula is C16H22O3. The van der Waals surface area contributed by atoms with E-state index in [1.54, 1.807) is 0 Å². The molecule has 1 atom stereocenters. The molecule has 1 aromatic rings. The molecule has 0 amide bonds. The molecule has 0 aliphatic carbocycles. The summed E-state index contributed by atoms with van der Waals surface area (Å²) in [7, 11) is 0. The number of carbonyl (C=O) groups is 1. The lowest BCUT2D eigenvalue weighted by Gasteiger charge is -2.19. The molecule has 0 spiro atoms. The predicted molar refractivity (Wildman–Crippen MR) is 74.3 cm³/mol. The number of hydrogen-bond acceptors (Lipinski definition) is 3. The smallest absolute Gasteiger partial charge is 0.338 e. The number of carbonyl (C=O) groups excluding carboxylic acids is 1. The van der Waals surface area contributed by atoms with Gasteiger partial charge in [-0.15, -0.1) is 0 Å². The highest BCUT2D eigenvalue weighted by Crippen LogP contribution is 2.18. The van der Waals surface area contributed by atoms with Gasteiger partial charge >= 0.3 is 5.97 Å². The second-order valence-electron chi connectivity index (χ2n) is 6.05. The molecule has 1 saturated heterocycles. The number of ether oxygens (including phenoxy) is 2. The summed E-state index contributed by atoms with van der Waals surface area (Å²) in [6.45, 7) is 6.55. The van der Waals surface area contributed by atoms with E-state index in [2.05, 4.69) is 0 Å². The molecule has 0 bridgehead atoms. The average Bonchev–Trinajstić information content (AvgIpc) is 3.12. The van der Waals surface area contributed by atoms with E-state index in [1.807, 2.05) is 45.0 Å². The minimum absolute atomic E-state index is 0.259. The van der Waals surface area contributed by atoms with E-state index in [-0.39, 0.29) is 5.97 Å². The third-order valence-corrected chi connectivity index (χ3v) is 2.98. The number of epoxide rings is 1. The number of aryl methyl sites for hydroxylation is 1. The van der Waals surface area contributed by atoms with Crippen LogP contribution in [0.3, 0.4) is 0 Å². The minimum Gasteiger partial charge on any atom is -0.456 e. The Hall–Kier alpha value is -1.35. The van der Waals surface area contributed by atoms with E-state index in [0.717, 1.165) is 25.9 Å². The molecule has 1 aliphatic heterocycles. The van der Waals surface area contributed by atoms with Crippen LogP contribution < -0.4 is 0 Å². The van der Waals surface area contributed by atoms with Crippen LogP contribution in [-0.2, 0) is 15.9 Å². The van der Waals surface area contributed by atoms with Crippen molar-refractivity contribution in [3.63, 3.8) is 0 Å². The largest absolute Gasteiger partial charge is 0.456 e. The van der Waals surface area contributed by atoms with Crippen LogP contribution in [0.2, 0.25) is 0 Å². The Balaban J connectivity index is 1.84. The van der Waals surface area contributed by atoms with Gasteiger partial charge in [-0.25, -0.2) is 4.79 Å². The fourth-order valence-corrected chi connectivity index (χ4v) is 1.91. The monoisotopic (exact) mass is 262 g/mol. The maximum absolute atomic E-state index is 11.8. The standard InChI is InChI=1S/C16H22O3/c1-16(2,3)19-15(17)13-9-7-12(8-10-13)5-4-6-14-11-18-14/h7-10,14H,4-6,11H2,1-3H3. The lowest BCUT2D eigenvalue weighted by molar-refractivity contribution is 0.00695. The van der Waals surface area contributed by atoms with Crippen LogP contribution in [-0.4, -0.2) is 24.3 Å². The van der Waals surface area contributed by atoms with Crippen molar-refractivity contribution < 1.29 is 14.3 Å². The summed E-state index contributed by atoms with van der Waals surface area (Å²) in [6.07, 6.45) is 3.81. The van der Waals surface area contributed by atoms with Gasteiger partial charge < -0.3 is 9.47 Å². The van der Waals surface area contributed by atoms with Crippen molar-refractivity contribution in [2.24, 2.45) is 0 Å². The summed E-state index contributed by atoms with van der Waals surface area (Å²) >= 11 is 0. The van der Waals surface area contributed by atoms with Gasteiger partial charge in [-0.2, -0.15) is 0 Å². The van der Waals surface area contributed by atoms with Crippen molar-refractivity contribution in [1.82, 2.24) is 0 Å². The second kappa shape index (κ2) is 5.74. The van der Waals surface area contributed by atoms with Crippen LogP contribution in [0.1, 0.15) is 49.5 Å². The van der Waals surface area contributed by atoms with Gasteiger partial charge in [0.2, 0.25) is 0 Å². The fraction of sp³-hybridized carbons (Fsp3) is 0.562. The minimum atomic E-state index is -0.444. The van der Waals surface area contributed by atoms with E-state index in [1.165, 1.54) is 5.56 Å². The van der Waals surface area contributed by atoms with E-state index >= 15 is 0 Å². The Bertz CT molecular complexity index is 424. The van der Waals surface area contributed by atoms with Crippen molar-refractivity contribution in [3.8, 4) is 0 Å². The highest BCUT2D eigenvalue weighted by Gasteiger charge is 2.21. The van der Waals surface area contributed by atoms with Crippen LogP contribution in [0, 0.1) is 0 Å². The van der Waals surface area contributed by atoms with Gasteiger partial charge in [0.25, 0.3) is 0 Å². The maximum atomic E-state index is 11.8. The van der Waals surface area contributed by atoms with E-state index in [9.17, 15) is 4.79 Å². The van der Waals surface area contributed by atoms with Crippen LogP contribution in [0.15, 0.2) is 24.3 Å². The van der Waals surface area contributed by atoms with Crippen molar-refractivity contribution in [1.29, 1.82) is 0 Å². The number of benzene rings is 1. The first-order valence-electron chi connectivity index (χ1n) is 6.88. The highest BCUT2D eigenvalue weighted by atomic mass is 16.6. The quantitative estimate of drug-likeness (QED) is 0.603. The molecule has 1 aromatic carbocycles. The Morgan fingerprint density at radius 1 is 1.32 bits per heavy atom. The molecule has 0 N–H and O–H groups in total. The van der Waals surface area contributed by atoms with Gasteiger partial charge in [0.15, 0.2) is 0 Å². The second-order valence-corrected chi connectivity index (χ2v) is 6.05. The van der Waals surface area contributed by atoms with Crippen molar-refractivity contribution >= 4 is 5.97 Å². The summed E-state index contributed by atoms with van der Waals surface area (Å²) in [5, 5.41) is 0. The predicted octanol–water partition coefficient (Wildman–Crippen LogP) is 3.36. The molecular weight excluding hydrogens is 240 g/mol. The van der Waals surface area contributed by atoms with Gasteiger partial charge in [0, 0.05) is 0 Å². The Morgan fingerprint density at radius 2 is 1.95 bits per heavy atom. The SMILES string of the molecule is CC(C)(C)OC(=O)c1ccc(CCCC2CO2)cc1. The normalized spacial score (nSPS) is 18.2. The van der Waals surface area contributed by atoms with Gasteiger partial charge in [-0.05, 0) is 57.7 Å². The molecule has 3 heteroatoms. The summed E-state index contributed by atoms with van der Waals surface area (Å²) < 4.78 is 10.5. The first kappa shape index (κ1) is 14.1. The molecule has 1 heterocycles. The zero-order valence-corrected chi connectivity index (χ0v) is 11.9. The molecule has 1 unspecified atom stereocenters. The summed E-state index contributed by atoms with van der Waals surface area (Å²) in [4.78, 5) is 11.8. The summed E-state index contributed by atoms with van der Waals surface area (Å²) in [6, 6.07) is 7.70. The number of hydrogen-bond donors (Lipinski definition) is 0. The van der Waals surface area contributed by atoms with Crippen molar-refractivity contribution in [3.05, 3.63) is 35.4 Å². The van der Waals surface area contributed by atoms with Crippen LogP contribution >= 0.6 is 0 Å². The molecule has 19 heavy (non-hydrogen) atoms. The fourth-order valence-electron chi connectivity index (χ4n) is 1.91. The maximum Gasteiger partial charge on any atom is 0.338 e. The van der Waals surface area contributed by atoms with Crippen LogP contribution in [0.4, 0.5) is 0 Å². The molecule has 0 saturated carbocycles. The average molecular weight is 262 g/mol. The van der Waals surface area contributed by atoms with E-state index < -0.39 is 5.60 Å². The molecule has 0 radical (unpaired) electrons. The Labute approximate surface area is 114 Å². The Morgan fingerprint density at radius 3 is 2.47 bits per heavy atom.